The van der Waals surface area contributed by atoms with Crippen molar-refractivity contribution in [2.24, 2.45) is 11.8 Å². The number of carbonyl (C=O) groups excluding carboxylic acids is 3. The molecule has 0 radical (unpaired) electrons. The highest BCUT2D eigenvalue weighted by molar-refractivity contribution is 5.83. The molecule has 2 aliphatic heterocycles. The van der Waals surface area contributed by atoms with Gasteiger partial charge in [-0.25, -0.2) is 19.2 Å². The topological polar surface area (TPSA) is 123 Å². The molecule has 0 aromatic heterocycles. The van der Waals surface area contributed by atoms with E-state index in [1.54, 1.807) is 25.7 Å². The van der Waals surface area contributed by atoms with Gasteiger partial charge in [-0.2, -0.15) is 0 Å². The van der Waals surface area contributed by atoms with Gasteiger partial charge in [-0.05, 0) is 97.5 Å². The molecule has 6 atom stereocenters. The fraction of sp³-hybridized carbons (Fsp3) is 0.697. The van der Waals surface area contributed by atoms with Gasteiger partial charge in [0.15, 0.2) is 0 Å². The molecule has 0 bridgehead atoms. The average molecular weight is 603 g/mol. The molecule has 2 saturated carbocycles. The van der Waals surface area contributed by atoms with E-state index in [1.165, 1.54) is 4.90 Å². The zero-order valence-electron chi connectivity index (χ0n) is 26.4. The van der Waals surface area contributed by atoms with Gasteiger partial charge >= 0.3 is 24.1 Å². The van der Waals surface area contributed by atoms with Gasteiger partial charge in [0.1, 0.15) is 29.9 Å². The molecule has 2 saturated heterocycles. The van der Waals surface area contributed by atoms with Crippen LogP contribution < -0.4 is 0 Å². The maximum absolute atomic E-state index is 12.7. The number of rotatable bonds is 4. The van der Waals surface area contributed by atoms with Crippen LogP contribution >= 0.6 is 0 Å². The van der Waals surface area contributed by atoms with Crippen LogP contribution in [0.3, 0.4) is 0 Å². The third kappa shape index (κ3) is 8.21. The Morgan fingerprint density at radius 1 is 0.767 bits per heavy atom. The number of hydrogen-bond donors (Lipinski definition) is 1. The first-order valence-electron chi connectivity index (χ1n) is 15.6. The molecule has 240 valence electrons. The Labute approximate surface area is 256 Å². The van der Waals surface area contributed by atoms with E-state index in [2.05, 4.69) is 0 Å². The zero-order chi connectivity index (χ0) is 31.5. The summed E-state index contributed by atoms with van der Waals surface area (Å²) >= 11 is 0. The number of fused-ring (bicyclic) bond motifs is 2. The van der Waals surface area contributed by atoms with Crippen molar-refractivity contribution in [3.8, 4) is 0 Å². The smallest absolute Gasteiger partial charge is 0.411 e. The second kappa shape index (κ2) is 13.1. The number of benzene rings is 1. The van der Waals surface area contributed by atoms with Gasteiger partial charge in [0.05, 0.1) is 0 Å². The van der Waals surface area contributed by atoms with Crippen LogP contribution in [0.15, 0.2) is 30.3 Å². The molecule has 10 nitrogen and oxygen atoms in total. The second-order valence-corrected chi connectivity index (χ2v) is 14.2. The van der Waals surface area contributed by atoms with Gasteiger partial charge in [-0.3, -0.25) is 9.80 Å². The standard InChI is InChI=1S/C20H27NO4.C13H21NO4.H2/c1-20(2,3)25-19(23)21-16-11-7-10-15(16)12-17(21)18(22)24-13-14-8-5-4-6-9-14;1-13(2,3)18-12(17)14-9-6-4-5-8(9)7-10(14)11(15)16;/h4-6,8-9,15-17H,7,10-13H2,1-3H3;8-10H,4-7H2,1-3H3,(H,15,16);1H/t15-,16-,17-;8-,9-,10-;/m00./s1. The van der Waals surface area contributed by atoms with Crippen molar-refractivity contribution in [2.75, 3.05) is 0 Å². The summed E-state index contributed by atoms with van der Waals surface area (Å²) < 4.78 is 16.4. The number of carboxylic acid groups (broad SMARTS) is 1. The van der Waals surface area contributed by atoms with Gasteiger partial charge < -0.3 is 19.3 Å². The minimum Gasteiger partial charge on any atom is -0.480 e. The number of carbonyl (C=O) groups is 4. The van der Waals surface area contributed by atoms with E-state index in [4.69, 9.17) is 14.2 Å². The monoisotopic (exact) mass is 602 g/mol. The summed E-state index contributed by atoms with van der Waals surface area (Å²) in [6.45, 7) is 11.1. The number of hydrogen-bond acceptors (Lipinski definition) is 7. The number of likely N-dealkylation sites (tertiary alicyclic amines) is 2. The molecule has 2 amide bonds. The first kappa shape index (κ1) is 32.6. The summed E-state index contributed by atoms with van der Waals surface area (Å²) in [5.41, 5.74) is -0.221. The molecule has 1 aromatic carbocycles. The van der Waals surface area contributed by atoms with Gasteiger partial charge in [0.25, 0.3) is 0 Å². The SMILES string of the molecule is CC(C)(C)OC(=O)N1[C@H](C(=O)O)C[C@@H]2CCC[C@@H]21.CC(C)(C)OC(=O)N1[C@H](C(=O)OCc2ccccc2)C[C@@H]2CCC[C@@H]21.[HH]. The number of esters is 1. The summed E-state index contributed by atoms with van der Waals surface area (Å²) in [5, 5.41) is 9.24. The normalized spacial score (nSPS) is 28.0. The maximum atomic E-state index is 12.7. The Balaban J connectivity index is 0.000000247. The Morgan fingerprint density at radius 2 is 1.23 bits per heavy atom. The van der Waals surface area contributed by atoms with Gasteiger partial charge in [0, 0.05) is 13.5 Å². The Bertz CT molecular complexity index is 1160. The molecule has 10 heteroatoms. The number of aliphatic carboxylic acids is 1. The van der Waals surface area contributed by atoms with Crippen LogP contribution in [0.1, 0.15) is 99.9 Å². The van der Waals surface area contributed by atoms with Crippen molar-refractivity contribution in [1.82, 2.24) is 9.80 Å². The number of amides is 2. The molecule has 4 aliphatic rings. The lowest BCUT2D eigenvalue weighted by molar-refractivity contribution is -0.150. The third-order valence-electron chi connectivity index (χ3n) is 8.67. The number of nitrogens with zero attached hydrogens (tertiary/aromatic N) is 2. The van der Waals surface area contributed by atoms with Crippen molar-refractivity contribution < 1.29 is 39.9 Å². The minimum absolute atomic E-state index is 0. The highest BCUT2D eigenvalue weighted by atomic mass is 16.6. The highest BCUT2D eigenvalue weighted by Gasteiger charge is 2.51. The predicted molar refractivity (Wildman–Crippen MR) is 161 cm³/mol. The molecule has 2 heterocycles. The summed E-state index contributed by atoms with van der Waals surface area (Å²) in [6.07, 6.45) is 6.45. The molecule has 1 aromatic rings. The van der Waals surface area contributed by atoms with Crippen LogP contribution in [-0.2, 0) is 30.4 Å². The Hall–Kier alpha value is -3.30. The van der Waals surface area contributed by atoms with Crippen LogP contribution in [0.5, 0.6) is 0 Å². The lowest BCUT2D eigenvalue weighted by Gasteiger charge is -2.31. The van der Waals surface area contributed by atoms with E-state index in [0.717, 1.165) is 44.1 Å². The van der Waals surface area contributed by atoms with Crippen LogP contribution in [0.4, 0.5) is 9.59 Å². The second-order valence-electron chi connectivity index (χ2n) is 14.2. The van der Waals surface area contributed by atoms with E-state index in [1.807, 2.05) is 51.1 Å². The molecular weight excluding hydrogens is 552 g/mol. The summed E-state index contributed by atoms with van der Waals surface area (Å²) in [7, 11) is 0. The average Bonchev–Trinajstić information content (AvgIpc) is 3.66. The fourth-order valence-corrected chi connectivity index (χ4v) is 6.99. The molecule has 43 heavy (non-hydrogen) atoms. The maximum Gasteiger partial charge on any atom is 0.411 e. The van der Waals surface area contributed by atoms with Crippen LogP contribution in [-0.4, -0.2) is 74.4 Å². The quantitative estimate of drug-likeness (QED) is 0.310. The zero-order valence-corrected chi connectivity index (χ0v) is 26.4. The lowest BCUT2D eigenvalue weighted by atomic mass is 10.0. The summed E-state index contributed by atoms with van der Waals surface area (Å²) in [4.78, 5) is 51.9. The lowest BCUT2D eigenvalue weighted by Crippen LogP contribution is -2.47. The van der Waals surface area contributed by atoms with E-state index in [0.29, 0.717) is 24.7 Å². The Kier molecular flexibility index (Phi) is 9.96. The summed E-state index contributed by atoms with van der Waals surface area (Å²) in [6, 6.07) is 8.50. The minimum atomic E-state index is -0.921. The molecule has 2 aliphatic carbocycles. The first-order valence-corrected chi connectivity index (χ1v) is 15.6. The van der Waals surface area contributed by atoms with E-state index in [9.17, 15) is 24.3 Å². The van der Waals surface area contributed by atoms with E-state index >= 15 is 0 Å². The number of carboxylic acids is 1. The van der Waals surface area contributed by atoms with Crippen molar-refractivity contribution in [2.45, 2.75) is 135 Å². The predicted octanol–water partition coefficient (Wildman–Crippen LogP) is 6.40. The van der Waals surface area contributed by atoms with Gasteiger partial charge in [-0.15, -0.1) is 0 Å². The molecule has 5 rings (SSSR count). The van der Waals surface area contributed by atoms with Gasteiger partial charge in [-0.1, -0.05) is 43.2 Å². The van der Waals surface area contributed by atoms with Crippen molar-refractivity contribution in [3.63, 3.8) is 0 Å². The molecule has 0 unspecified atom stereocenters. The molecule has 4 fully saturated rings. The highest BCUT2D eigenvalue weighted by Crippen LogP contribution is 2.43. The van der Waals surface area contributed by atoms with Crippen LogP contribution in [0.25, 0.3) is 0 Å². The van der Waals surface area contributed by atoms with Crippen molar-refractivity contribution in [3.05, 3.63) is 35.9 Å². The van der Waals surface area contributed by atoms with Crippen molar-refractivity contribution in [1.29, 1.82) is 0 Å². The fourth-order valence-electron chi connectivity index (χ4n) is 6.99. The largest absolute Gasteiger partial charge is 0.480 e. The third-order valence-corrected chi connectivity index (χ3v) is 8.67. The molecular formula is C33H50N2O8. The van der Waals surface area contributed by atoms with Crippen molar-refractivity contribution >= 4 is 24.1 Å². The summed E-state index contributed by atoms with van der Waals surface area (Å²) in [5.74, 6) is -0.542. The van der Waals surface area contributed by atoms with Crippen LogP contribution in [0, 0.1) is 11.8 Å². The van der Waals surface area contributed by atoms with E-state index < -0.39 is 41.4 Å². The molecule has 1 N–H and O–H groups in total. The van der Waals surface area contributed by atoms with E-state index in [-0.39, 0.29) is 26.1 Å². The molecule has 0 spiro atoms. The van der Waals surface area contributed by atoms with Gasteiger partial charge in [0.2, 0.25) is 0 Å². The number of ether oxygens (including phenoxy) is 3. The van der Waals surface area contributed by atoms with Crippen LogP contribution in [0.2, 0.25) is 0 Å². The first-order chi connectivity index (χ1) is 20.1. The Morgan fingerprint density at radius 3 is 1.70 bits per heavy atom.